The molecule has 8 nitrogen and oxygen atoms in total. The number of hydrogen-bond donors (Lipinski definition) is 2. The van der Waals surface area contributed by atoms with E-state index in [0.29, 0.717) is 44.6 Å². The number of carbonyl (C=O) groups is 2. The number of nitrogens with two attached hydrogens (primary N) is 1. The summed E-state index contributed by atoms with van der Waals surface area (Å²) in [6.45, 7) is 3.09. The number of primary amides is 1. The van der Waals surface area contributed by atoms with Crippen LogP contribution in [-0.2, 0) is 19.6 Å². The molecule has 0 bridgehead atoms. The van der Waals surface area contributed by atoms with Gasteiger partial charge in [0, 0.05) is 25.6 Å². The molecule has 0 saturated carbocycles. The number of amides is 2. The molecule has 1 aliphatic rings. The second kappa shape index (κ2) is 9.00. The van der Waals surface area contributed by atoms with Crippen LogP contribution in [0.5, 0.6) is 5.75 Å². The second-order valence-corrected chi connectivity index (χ2v) is 7.98. The third-order valence-electron chi connectivity index (χ3n) is 4.29. The van der Waals surface area contributed by atoms with Gasteiger partial charge in [-0.3, -0.25) is 9.59 Å². The molecule has 0 aliphatic carbocycles. The van der Waals surface area contributed by atoms with Gasteiger partial charge in [0.25, 0.3) is 5.91 Å². The highest BCUT2D eigenvalue weighted by atomic mass is 32.2. The summed E-state index contributed by atoms with van der Waals surface area (Å²) in [6, 6.07) is 5.92. The maximum absolute atomic E-state index is 12.2. The van der Waals surface area contributed by atoms with E-state index in [1.54, 1.807) is 4.90 Å². The largest absolute Gasteiger partial charge is 0.484 e. The number of carbonyl (C=O) groups excluding carboxylic acids is 2. The van der Waals surface area contributed by atoms with Gasteiger partial charge < -0.3 is 15.4 Å². The average Bonchev–Trinajstić information content (AvgIpc) is 2.65. The predicted octanol–water partition coefficient (Wildman–Crippen LogP) is 0.478. The van der Waals surface area contributed by atoms with Crippen LogP contribution in [0.2, 0.25) is 0 Å². The Morgan fingerprint density at radius 3 is 2.38 bits per heavy atom. The molecular weight excluding hydrogens is 358 g/mol. The van der Waals surface area contributed by atoms with Crippen molar-refractivity contribution in [3.63, 3.8) is 0 Å². The minimum atomic E-state index is -3.52. The Hall–Kier alpha value is -2.13. The number of benzene rings is 1. The average molecular weight is 383 g/mol. The number of piperidine rings is 1. The fraction of sp³-hybridized carbons (Fsp3) is 0.529. The summed E-state index contributed by atoms with van der Waals surface area (Å²) in [7, 11) is -3.52. The van der Waals surface area contributed by atoms with Gasteiger partial charge in [-0.1, -0.05) is 6.92 Å². The molecule has 9 heteroatoms. The predicted molar refractivity (Wildman–Crippen MR) is 95.9 cm³/mol. The summed E-state index contributed by atoms with van der Waals surface area (Å²) >= 11 is 0. The number of rotatable bonds is 8. The van der Waals surface area contributed by atoms with E-state index in [1.807, 2.05) is 6.92 Å². The normalized spacial score (nSPS) is 15.7. The topological polar surface area (TPSA) is 119 Å². The van der Waals surface area contributed by atoms with Gasteiger partial charge in [-0.2, -0.15) is 0 Å². The van der Waals surface area contributed by atoms with Crippen LogP contribution in [0.4, 0.5) is 0 Å². The SMILES string of the molecule is CCCNS(=O)(=O)c1ccc(OCC(=O)N2CCC(C(N)=O)CC2)cc1. The maximum atomic E-state index is 12.2. The Morgan fingerprint density at radius 1 is 1.23 bits per heavy atom. The molecule has 0 aromatic heterocycles. The van der Waals surface area contributed by atoms with Crippen molar-refractivity contribution >= 4 is 21.8 Å². The van der Waals surface area contributed by atoms with Crippen molar-refractivity contribution in [3.8, 4) is 5.75 Å². The first kappa shape index (κ1) is 20.2. The zero-order valence-corrected chi connectivity index (χ0v) is 15.6. The summed E-state index contributed by atoms with van der Waals surface area (Å²) in [4.78, 5) is 25.1. The Morgan fingerprint density at radius 2 is 1.85 bits per heavy atom. The standard InChI is InChI=1S/C17H25N3O5S/c1-2-9-19-26(23,24)15-5-3-14(4-6-15)25-12-16(21)20-10-7-13(8-11-20)17(18)22/h3-6,13,19H,2,7-12H2,1H3,(H2,18,22). The van der Waals surface area contributed by atoms with Crippen molar-refractivity contribution in [1.29, 1.82) is 0 Å². The Balaban J connectivity index is 1.84. The molecule has 3 N–H and O–H groups in total. The van der Waals surface area contributed by atoms with Gasteiger partial charge >= 0.3 is 0 Å². The van der Waals surface area contributed by atoms with E-state index in [1.165, 1.54) is 24.3 Å². The van der Waals surface area contributed by atoms with E-state index in [9.17, 15) is 18.0 Å². The van der Waals surface area contributed by atoms with Crippen LogP contribution in [0.3, 0.4) is 0 Å². The number of hydrogen-bond acceptors (Lipinski definition) is 5. The molecule has 2 rings (SSSR count). The van der Waals surface area contributed by atoms with E-state index < -0.39 is 10.0 Å². The first-order valence-electron chi connectivity index (χ1n) is 8.63. The van der Waals surface area contributed by atoms with Crippen LogP contribution in [0.15, 0.2) is 29.2 Å². The van der Waals surface area contributed by atoms with Crippen LogP contribution in [0.25, 0.3) is 0 Å². The van der Waals surface area contributed by atoms with Gasteiger partial charge in [-0.05, 0) is 43.5 Å². The lowest BCUT2D eigenvalue weighted by molar-refractivity contribution is -0.136. The number of sulfonamides is 1. The zero-order valence-electron chi connectivity index (χ0n) is 14.8. The van der Waals surface area contributed by atoms with Crippen LogP contribution in [0, 0.1) is 5.92 Å². The molecule has 1 aromatic rings. The zero-order chi connectivity index (χ0) is 19.2. The van der Waals surface area contributed by atoms with E-state index in [2.05, 4.69) is 4.72 Å². The molecule has 1 fully saturated rings. The molecule has 1 aliphatic heterocycles. The molecule has 0 unspecified atom stereocenters. The molecule has 0 atom stereocenters. The van der Waals surface area contributed by atoms with Gasteiger partial charge in [0.2, 0.25) is 15.9 Å². The van der Waals surface area contributed by atoms with Crippen molar-refractivity contribution in [3.05, 3.63) is 24.3 Å². The highest BCUT2D eigenvalue weighted by Crippen LogP contribution is 2.18. The van der Waals surface area contributed by atoms with Crippen LogP contribution in [0.1, 0.15) is 26.2 Å². The Kier molecular flexibility index (Phi) is 6.98. The highest BCUT2D eigenvalue weighted by Gasteiger charge is 2.26. The first-order valence-corrected chi connectivity index (χ1v) is 10.1. The lowest BCUT2D eigenvalue weighted by Crippen LogP contribution is -2.43. The minimum Gasteiger partial charge on any atom is -0.484 e. The molecule has 2 amide bonds. The number of ether oxygens (including phenoxy) is 1. The van der Waals surface area contributed by atoms with Crippen LogP contribution >= 0.6 is 0 Å². The lowest BCUT2D eigenvalue weighted by Gasteiger charge is -2.30. The molecule has 0 spiro atoms. The summed E-state index contributed by atoms with van der Waals surface area (Å²) in [5, 5.41) is 0. The van der Waals surface area contributed by atoms with E-state index in [4.69, 9.17) is 10.5 Å². The fourth-order valence-corrected chi connectivity index (χ4v) is 3.82. The van der Waals surface area contributed by atoms with Crippen molar-refractivity contribution in [1.82, 2.24) is 9.62 Å². The molecule has 0 radical (unpaired) electrons. The molecule has 1 saturated heterocycles. The van der Waals surface area contributed by atoms with E-state index in [-0.39, 0.29) is 29.2 Å². The molecule has 144 valence electrons. The Labute approximate surface area is 153 Å². The fourth-order valence-electron chi connectivity index (χ4n) is 2.68. The lowest BCUT2D eigenvalue weighted by atomic mass is 9.96. The monoisotopic (exact) mass is 383 g/mol. The third-order valence-corrected chi connectivity index (χ3v) is 5.77. The Bertz CT molecular complexity index is 725. The van der Waals surface area contributed by atoms with Gasteiger partial charge in [-0.25, -0.2) is 13.1 Å². The summed E-state index contributed by atoms with van der Waals surface area (Å²) in [5.74, 6) is -0.248. The van der Waals surface area contributed by atoms with Crippen molar-refractivity contribution in [2.24, 2.45) is 11.7 Å². The van der Waals surface area contributed by atoms with Crippen molar-refractivity contribution < 1.29 is 22.7 Å². The smallest absolute Gasteiger partial charge is 0.260 e. The molecular formula is C17H25N3O5S. The summed E-state index contributed by atoms with van der Waals surface area (Å²) in [6.07, 6.45) is 1.84. The molecule has 1 aromatic carbocycles. The van der Waals surface area contributed by atoms with Gasteiger partial charge in [0.15, 0.2) is 6.61 Å². The number of nitrogens with one attached hydrogen (secondary N) is 1. The van der Waals surface area contributed by atoms with Gasteiger partial charge in [0.1, 0.15) is 5.75 Å². The first-order chi connectivity index (χ1) is 12.3. The summed E-state index contributed by atoms with van der Waals surface area (Å²) < 4.78 is 31.9. The molecule has 1 heterocycles. The highest BCUT2D eigenvalue weighted by molar-refractivity contribution is 7.89. The quantitative estimate of drug-likeness (QED) is 0.677. The minimum absolute atomic E-state index is 0.137. The van der Waals surface area contributed by atoms with E-state index in [0.717, 1.165) is 0 Å². The second-order valence-electron chi connectivity index (χ2n) is 6.22. The summed E-state index contributed by atoms with van der Waals surface area (Å²) in [5.41, 5.74) is 5.28. The van der Waals surface area contributed by atoms with Crippen molar-refractivity contribution in [2.75, 3.05) is 26.2 Å². The van der Waals surface area contributed by atoms with Crippen molar-refractivity contribution in [2.45, 2.75) is 31.1 Å². The number of likely N-dealkylation sites (tertiary alicyclic amines) is 1. The van der Waals surface area contributed by atoms with Gasteiger partial charge in [-0.15, -0.1) is 0 Å². The van der Waals surface area contributed by atoms with Crippen LogP contribution in [-0.4, -0.2) is 51.4 Å². The van der Waals surface area contributed by atoms with Crippen LogP contribution < -0.4 is 15.2 Å². The van der Waals surface area contributed by atoms with E-state index >= 15 is 0 Å². The maximum Gasteiger partial charge on any atom is 0.260 e. The molecule has 26 heavy (non-hydrogen) atoms. The van der Waals surface area contributed by atoms with Gasteiger partial charge in [0.05, 0.1) is 4.90 Å². The third kappa shape index (κ3) is 5.43. The number of nitrogens with zero attached hydrogens (tertiary/aromatic N) is 1.